The number of halogens is 1. The summed E-state index contributed by atoms with van der Waals surface area (Å²) in [5.41, 5.74) is 7.89. The summed E-state index contributed by atoms with van der Waals surface area (Å²) in [5, 5.41) is 4.13. The van der Waals surface area contributed by atoms with Gasteiger partial charge in [-0.1, -0.05) is 41.9 Å². The Labute approximate surface area is 236 Å². The van der Waals surface area contributed by atoms with E-state index in [2.05, 4.69) is 54.4 Å². The minimum atomic E-state index is 0.163. The molecule has 3 aromatic carbocycles. The summed E-state index contributed by atoms with van der Waals surface area (Å²) in [5.74, 6) is 1.76. The number of ether oxygens (including phenoxy) is 2. The number of hydrogen-bond donors (Lipinski definition) is 1. The first kappa shape index (κ1) is 27.3. The van der Waals surface area contributed by atoms with Crippen LogP contribution in [0.15, 0.2) is 66.2 Å². The second kappa shape index (κ2) is 12.3. The Balaban J connectivity index is 1.26. The SMILES string of the molecule is Cc1cc(Cl)ccc1OCCOc1ccc(C2=C(C(=O)N(Cc3cccc(C)c3C)C3CC3)CNCC2)cc1. The van der Waals surface area contributed by atoms with E-state index in [1.165, 1.54) is 16.7 Å². The molecule has 5 nitrogen and oxygen atoms in total. The lowest BCUT2D eigenvalue weighted by Gasteiger charge is -2.29. The zero-order valence-electron chi connectivity index (χ0n) is 23.1. The van der Waals surface area contributed by atoms with Gasteiger partial charge in [0.25, 0.3) is 5.91 Å². The van der Waals surface area contributed by atoms with Crippen LogP contribution >= 0.6 is 11.6 Å². The van der Waals surface area contributed by atoms with Crippen LogP contribution in [0.3, 0.4) is 0 Å². The molecule has 0 aromatic heterocycles. The van der Waals surface area contributed by atoms with Gasteiger partial charge in [-0.2, -0.15) is 0 Å². The number of carbonyl (C=O) groups is 1. The van der Waals surface area contributed by atoms with Gasteiger partial charge in [-0.25, -0.2) is 0 Å². The standard InChI is InChI=1S/C33H37ClN2O3/c1-22-5-4-6-26(24(22)3)21-36(28-10-11-28)33(37)31-20-35-16-15-30(31)25-7-12-29(13-8-25)38-17-18-39-32-14-9-27(34)19-23(32)2/h4-9,12-14,19,28,35H,10-11,15-18,20-21H2,1-3H3. The molecular formula is C33H37ClN2O3. The van der Waals surface area contributed by atoms with Crippen molar-refractivity contribution >= 4 is 23.1 Å². The van der Waals surface area contributed by atoms with E-state index in [9.17, 15) is 4.79 Å². The quantitative estimate of drug-likeness (QED) is 0.290. The molecule has 5 rings (SSSR count). The highest BCUT2D eigenvalue weighted by molar-refractivity contribution is 6.30. The molecule has 1 fully saturated rings. The average Bonchev–Trinajstić information content (AvgIpc) is 3.78. The largest absolute Gasteiger partial charge is 0.490 e. The molecule has 3 aromatic rings. The zero-order valence-corrected chi connectivity index (χ0v) is 23.8. The lowest BCUT2D eigenvalue weighted by molar-refractivity contribution is -0.128. The number of carbonyl (C=O) groups excluding carboxylic acids is 1. The van der Waals surface area contributed by atoms with Gasteiger partial charge < -0.3 is 19.7 Å². The maximum atomic E-state index is 13.9. The second-order valence-corrected chi connectivity index (χ2v) is 11.0. The Hall–Kier alpha value is -3.28. The van der Waals surface area contributed by atoms with Crippen molar-refractivity contribution in [2.24, 2.45) is 0 Å². The van der Waals surface area contributed by atoms with E-state index in [1.807, 2.05) is 37.3 Å². The third-order valence-electron chi connectivity index (χ3n) is 7.73. The predicted octanol–water partition coefficient (Wildman–Crippen LogP) is 6.66. The van der Waals surface area contributed by atoms with Crippen molar-refractivity contribution in [2.45, 2.75) is 52.6 Å². The Kier molecular flexibility index (Phi) is 8.59. The fourth-order valence-corrected chi connectivity index (χ4v) is 5.37. The Bertz CT molecular complexity index is 1360. The lowest BCUT2D eigenvalue weighted by atomic mass is 9.93. The number of aryl methyl sites for hydroxylation is 2. The molecule has 1 aliphatic heterocycles. The van der Waals surface area contributed by atoms with Gasteiger partial charge in [-0.3, -0.25) is 4.79 Å². The molecule has 1 N–H and O–H groups in total. The summed E-state index contributed by atoms with van der Waals surface area (Å²) >= 11 is 6.02. The third kappa shape index (κ3) is 6.66. The van der Waals surface area contributed by atoms with Gasteiger partial charge in [0.05, 0.1) is 0 Å². The van der Waals surface area contributed by atoms with Crippen LogP contribution in [-0.4, -0.2) is 43.2 Å². The van der Waals surface area contributed by atoms with E-state index in [1.54, 1.807) is 0 Å². The van der Waals surface area contributed by atoms with Gasteiger partial charge in [0.1, 0.15) is 24.7 Å². The topological polar surface area (TPSA) is 50.8 Å². The van der Waals surface area contributed by atoms with Gasteiger partial charge in [-0.15, -0.1) is 0 Å². The Morgan fingerprint density at radius 1 is 0.974 bits per heavy atom. The first-order chi connectivity index (χ1) is 18.9. The highest BCUT2D eigenvalue weighted by Crippen LogP contribution is 2.34. The van der Waals surface area contributed by atoms with E-state index < -0.39 is 0 Å². The van der Waals surface area contributed by atoms with E-state index >= 15 is 0 Å². The molecule has 1 aliphatic carbocycles. The van der Waals surface area contributed by atoms with Gasteiger partial charge in [0.2, 0.25) is 0 Å². The monoisotopic (exact) mass is 544 g/mol. The van der Waals surface area contributed by atoms with Crippen molar-refractivity contribution in [3.05, 3.63) is 99.1 Å². The van der Waals surface area contributed by atoms with Crippen LogP contribution in [-0.2, 0) is 11.3 Å². The first-order valence-electron chi connectivity index (χ1n) is 13.8. The van der Waals surface area contributed by atoms with Crippen molar-refractivity contribution < 1.29 is 14.3 Å². The molecule has 204 valence electrons. The molecule has 2 aliphatic rings. The molecule has 0 unspecified atom stereocenters. The van der Waals surface area contributed by atoms with Crippen LogP contribution in [0, 0.1) is 20.8 Å². The zero-order chi connectivity index (χ0) is 27.4. The Morgan fingerprint density at radius 3 is 2.49 bits per heavy atom. The maximum absolute atomic E-state index is 13.9. The number of nitrogens with one attached hydrogen (secondary N) is 1. The molecule has 1 saturated carbocycles. The Morgan fingerprint density at radius 2 is 1.74 bits per heavy atom. The van der Waals surface area contributed by atoms with Gasteiger partial charge in [0.15, 0.2) is 0 Å². The number of hydrogen-bond acceptors (Lipinski definition) is 4. The molecule has 0 radical (unpaired) electrons. The fraction of sp³-hybridized carbons (Fsp3) is 0.364. The third-order valence-corrected chi connectivity index (χ3v) is 7.97. The summed E-state index contributed by atoms with van der Waals surface area (Å²) < 4.78 is 11.8. The van der Waals surface area contributed by atoms with Crippen molar-refractivity contribution in [3.8, 4) is 11.5 Å². The smallest absolute Gasteiger partial charge is 0.251 e. The van der Waals surface area contributed by atoms with Crippen LogP contribution < -0.4 is 14.8 Å². The summed E-state index contributed by atoms with van der Waals surface area (Å²) in [7, 11) is 0. The minimum Gasteiger partial charge on any atom is -0.490 e. The number of amides is 1. The normalized spacial score (nSPS) is 15.3. The van der Waals surface area contributed by atoms with Crippen molar-refractivity contribution in [2.75, 3.05) is 26.3 Å². The predicted molar refractivity (Wildman–Crippen MR) is 158 cm³/mol. The van der Waals surface area contributed by atoms with E-state index in [4.69, 9.17) is 21.1 Å². The highest BCUT2D eigenvalue weighted by Gasteiger charge is 2.35. The van der Waals surface area contributed by atoms with Gasteiger partial charge in [0, 0.05) is 29.7 Å². The fourth-order valence-electron chi connectivity index (χ4n) is 5.14. The average molecular weight is 545 g/mol. The molecule has 1 heterocycles. The maximum Gasteiger partial charge on any atom is 0.251 e. The van der Waals surface area contributed by atoms with Crippen LogP contribution in [0.5, 0.6) is 11.5 Å². The van der Waals surface area contributed by atoms with Crippen molar-refractivity contribution in [3.63, 3.8) is 0 Å². The number of nitrogens with zero attached hydrogens (tertiary/aromatic N) is 1. The molecule has 39 heavy (non-hydrogen) atoms. The van der Waals surface area contributed by atoms with Crippen LogP contribution in [0.4, 0.5) is 0 Å². The number of benzene rings is 3. The van der Waals surface area contributed by atoms with Crippen molar-refractivity contribution in [1.29, 1.82) is 0 Å². The molecule has 0 atom stereocenters. The minimum absolute atomic E-state index is 0.163. The summed E-state index contributed by atoms with van der Waals surface area (Å²) in [6.45, 7) is 9.27. The van der Waals surface area contributed by atoms with E-state index in [0.29, 0.717) is 37.4 Å². The van der Waals surface area contributed by atoms with Crippen LogP contribution in [0.25, 0.3) is 5.57 Å². The van der Waals surface area contributed by atoms with Crippen molar-refractivity contribution in [1.82, 2.24) is 10.2 Å². The molecule has 1 amide bonds. The first-order valence-corrected chi connectivity index (χ1v) is 14.2. The molecule has 0 saturated heterocycles. The summed E-state index contributed by atoms with van der Waals surface area (Å²) in [4.78, 5) is 16.0. The molecular weight excluding hydrogens is 508 g/mol. The second-order valence-electron chi connectivity index (χ2n) is 10.5. The molecule has 0 spiro atoms. The lowest BCUT2D eigenvalue weighted by Crippen LogP contribution is -2.39. The number of rotatable bonds is 10. The summed E-state index contributed by atoms with van der Waals surface area (Å²) in [6.07, 6.45) is 3.00. The molecule has 6 heteroatoms. The van der Waals surface area contributed by atoms with E-state index in [0.717, 1.165) is 59.6 Å². The molecule has 0 bridgehead atoms. The van der Waals surface area contributed by atoms with Gasteiger partial charge in [-0.05, 0) is 110 Å². The van der Waals surface area contributed by atoms with E-state index in [-0.39, 0.29) is 5.91 Å². The van der Waals surface area contributed by atoms with Crippen LogP contribution in [0.2, 0.25) is 5.02 Å². The summed E-state index contributed by atoms with van der Waals surface area (Å²) in [6, 6.07) is 20.4. The van der Waals surface area contributed by atoms with Crippen LogP contribution in [0.1, 0.15) is 47.1 Å². The van der Waals surface area contributed by atoms with Gasteiger partial charge >= 0.3 is 0 Å². The highest BCUT2D eigenvalue weighted by atomic mass is 35.5.